The first-order valence-corrected chi connectivity index (χ1v) is 7.93. The van der Waals surface area contributed by atoms with Crippen LogP contribution in [0, 0.1) is 11.3 Å². The van der Waals surface area contributed by atoms with Gasteiger partial charge in [0, 0.05) is 19.3 Å². The SMILES string of the molecule is CC1CN(/C=C(/C#N)C(=O)Nc2cccc(Cl)c2Cl)CC(C)O1. The number of amides is 1. The van der Waals surface area contributed by atoms with Crippen LogP contribution in [0.15, 0.2) is 30.0 Å². The van der Waals surface area contributed by atoms with Crippen molar-refractivity contribution < 1.29 is 9.53 Å². The van der Waals surface area contributed by atoms with E-state index in [1.54, 1.807) is 24.4 Å². The summed E-state index contributed by atoms with van der Waals surface area (Å²) in [4.78, 5) is 14.2. The molecule has 2 unspecified atom stereocenters. The first-order chi connectivity index (χ1) is 10.9. The van der Waals surface area contributed by atoms with Gasteiger partial charge in [0.1, 0.15) is 11.6 Å². The standard InChI is InChI=1S/C16H17Cl2N3O2/c1-10-7-21(8-11(2)23-10)9-12(6-19)16(22)20-14-5-3-4-13(17)15(14)18/h3-5,9-11H,7-8H2,1-2H3,(H,20,22)/b12-9-. The summed E-state index contributed by atoms with van der Waals surface area (Å²) < 4.78 is 5.63. The minimum atomic E-state index is -0.525. The van der Waals surface area contributed by atoms with Crippen molar-refractivity contribution in [3.63, 3.8) is 0 Å². The Labute approximate surface area is 145 Å². The quantitative estimate of drug-likeness (QED) is 0.667. The minimum absolute atomic E-state index is 0.00217. The molecule has 5 nitrogen and oxygen atoms in total. The lowest BCUT2D eigenvalue weighted by molar-refractivity contribution is -0.112. The van der Waals surface area contributed by atoms with Crippen LogP contribution in [-0.2, 0) is 9.53 Å². The maximum Gasteiger partial charge on any atom is 0.267 e. The molecule has 0 radical (unpaired) electrons. The Morgan fingerprint density at radius 3 is 2.65 bits per heavy atom. The van der Waals surface area contributed by atoms with Crippen molar-refractivity contribution in [2.24, 2.45) is 0 Å². The number of nitrogens with zero attached hydrogens (tertiary/aromatic N) is 2. The monoisotopic (exact) mass is 353 g/mol. The van der Waals surface area contributed by atoms with Crippen molar-refractivity contribution in [2.45, 2.75) is 26.1 Å². The van der Waals surface area contributed by atoms with Crippen molar-refractivity contribution in [1.29, 1.82) is 5.26 Å². The van der Waals surface area contributed by atoms with Crippen LogP contribution in [0.4, 0.5) is 5.69 Å². The molecule has 0 saturated carbocycles. The van der Waals surface area contributed by atoms with Crippen molar-refractivity contribution >= 4 is 34.8 Å². The molecule has 1 saturated heterocycles. The van der Waals surface area contributed by atoms with E-state index in [9.17, 15) is 10.1 Å². The molecule has 1 amide bonds. The second kappa shape index (κ2) is 7.69. The Morgan fingerprint density at radius 1 is 1.39 bits per heavy atom. The third-order valence-corrected chi connectivity index (χ3v) is 4.14. The molecular weight excluding hydrogens is 337 g/mol. The number of hydrogen-bond acceptors (Lipinski definition) is 4. The highest BCUT2D eigenvalue weighted by molar-refractivity contribution is 6.44. The van der Waals surface area contributed by atoms with Gasteiger partial charge in [-0.05, 0) is 26.0 Å². The maximum absolute atomic E-state index is 12.3. The predicted octanol–water partition coefficient (Wildman–Crippen LogP) is 3.45. The van der Waals surface area contributed by atoms with Gasteiger partial charge in [-0.2, -0.15) is 5.26 Å². The summed E-state index contributed by atoms with van der Waals surface area (Å²) in [5.74, 6) is -0.525. The summed E-state index contributed by atoms with van der Waals surface area (Å²) in [6, 6.07) is 6.84. The number of carbonyl (C=O) groups excluding carboxylic acids is 1. The van der Waals surface area contributed by atoms with Crippen molar-refractivity contribution in [1.82, 2.24) is 4.90 Å². The summed E-state index contributed by atoms with van der Waals surface area (Å²) in [7, 11) is 0. The molecule has 1 aliphatic rings. The fourth-order valence-electron chi connectivity index (χ4n) is 2.43. The Balaban J connectivity index is 2.14. The summed E-state index contributed by atoms with van der Waals surface area (Å²) in [6.07, 6.45) is 1.64. The molecule has 0 spiro atoms. The molecule has 1 N–H and O–H groups in total. The number of carbonyl (C=O) groups is 1. The lowest BCUT2D eigenvalue weighted by Gasteiger charge is -2.34. The largest absolute Gasteiger partial charge is 0.372 e. The molecule has 122 valence electrons. The summed E-state index contributed by atoms with van der Waals surface area (Å²) in [6.45, 7) is 5.16. The molecule has 7 heteroatoms. The third-order valence-electron chi connectivity index (χ3n) is 3.32. The first-order valence-electron chi connectivity index (χ1n) is 7.17. The van der Waals surface area contributed by atoms with Crippen LogP contribution in [-0.4, -0.2) is 36.1 Å². The van der Waals surface area contributed by atoms with Crippen LogP contribution in [0.25, 0.3) is 0 Å². The molecule has 1 aromatic carbocycles. The fourth-order valence-corrected chi connectivity index (χ4v) is 2.78. The number of hydrogen-bond donors (Lipinski definition) is 1. The lowest BCUT2D eigenvalue weighted by Crippen LogP contribution is -2.43. The molecule has 1 aliphatic heterocycles. The van der Waals surface area contributed by atoms with Crippen molar-refractivity contribution in [2.75, 3.05) is 18.4 Å². The van der Waals surface area contributed by atoms with Crippen LogP contribution in [0.5, 0.6) is 0 Å². The van der Waals surface area contributed by atoms with Crippen LogP contribution in [0.1, 0.15) is 13.8 Å². The normalized spacial score (nSPS) is 21.7. The second-order valence-electron chi connectivity index (χ2n) is 5.42. The number of nitriles is 1. The molecule has 1 aromatic rings. The van der Waals surface area contributed by atoms with Gasteiger partial charge in [-0.3, -0.25) is 4.79 Å². The predicted molar refractivity (Wildman–Crippen MR) is 90.4 cm³/mol. The zero-order valence-corrected chi connectivity index (χ0v) is 14.4. The van der Waals surface area contributed by atoms with E-state index in [1.807, 2.05) is 24.8 Å². The highest BCUT2D eigenvalue weighted by atomic mass is 35.5. The fraction of sp³-hybridized carbons (Fsp3) is 0.375. The average Bonchev–Trinajstić information content (AvgIpc) is 2.48. The number of halogens is 2. The van der Waals surface area contributed by atoms with Gasteiger partial charge in [0.05, 0.1) is 27.9 Å². The third kappa shape index (κ3) is 4.61. The van der Waals surface area contributed by atoms with Gasteiger partial charge in [-0.25, -0.2) is 0 Å². The highest BCUT2D eigenvalue weighted by Crippen LogP contribution is 2.29. The van der Waals surface area contributed by atoms with E-state index < -0.39 is 5.91 Å². The molecule has 2 atom stereocenters. The van der Waals surface area contributed by atoms with E-state index in [4.69, 9.17) is 27.9 Å². The van der Waals surface area contributed by atoms with Gasteiger partial charge in [0.2, 0.25) is 0 Å². The summed E-state index contributed by atoms with van der Waals surface area (Å²) in [5, 5.41) is 12.5. The van der Waals surface area contributed by atoms with Gasteiger partial charge >= 0.3 is 0 Å². The van der Waals surface area contributed by atoms with Gasteiger partial charge in [-0.15, -0.1) is 0 Å². The highest BCUT2D eigenvalue weighted by Gasteiger charge is 2.22. The van der Waals surface area contributed by atoms with E-state index in [1.165, 1.54) is 0 Å². The Morgan fingerprint density at radius 2 is 2.04 bits per heavy atom. The second-order valence-corrected chi connectivity index (χ2v) is 6.21. The molecule has 23 heavy (non-hydrogen) atoms. The maximum atomic E-state index is 12.3. The first kappa shape index (κ1) is 17.6. The topological polar surface area (TPSA) is 65.4 Å². The molecule has 0 bridgehead atoms. The number of ether oxygens (including phenoxy) is 1. The Kier molecular flexibility index (Phi) is 5.89. The van der Waals surface area contributed by atoms with E-state index in [2.05, 4.69) is 5.32 Å². The van der Waals surface area contributed by atoms with Crippen LogP contribution >= 0.6 is 23.2 Å². The molecule has 0 aliphatic carbocycles. The van der Waals surface area contributed by atoms with Gasteiger partial charge in [0.25, 0.3) is 5.91 Å². The van der Waals surface area contributed by atoms with Gasteiger partial charge < -0.3 is 15.0 Å². The molecule has 2 rings (SSSR count). The molecule has 1 heterocycles. The number of rotatable bonds is 3. The summed E-state index contributed by atoms with van der Waals surface area (Å²) in [5.41, 5.74) is 0.372. The zero-order chi connectivity index (χ0) is 17.0. The van der Waals surface area contributed by atoms with E-state index in [-0.39, 0.29) is 22.8 Å². The Hall–Kier alpha value is -1.74. The van der Waals surface area contributed by atoms with E-state index in [0.29, 0.717) is 23.8 Å². The zero-order valence-electron chi connectivity index (χ0n) is 12.8. The number of anilines is 1. The Bertz CT molecular complexity index is 660. The van der Waals surface area contributed by atoms with Crippen LogP contribution in [0.2, 0.25) is 10.0 Å². The number of nitrogens with one attached hydrogen (secondary N) is 1. The molecule has 0 aromatic heterocycles. The lowest BCUT2D eigenvalue weighted by atomic mass is 10.2. The molecule has 1 fully saturated rings. The van der Waals surface area contributed by atoms with E-state index in [0.717, 1.165) is 0 Å². The van der Waals surface area contributed by atoms with Gasteiger partial charge in [-0.1, -0.05) is 29.3 Å². The van der Waals surface area contributed by atoms with E-state index >= 15 is 0 Å². The van der Waals surface area contributed by atoms with Crippen LogP contribution < -0.4 is 5.32 Å². The minimum Gasteiger partial charge on any atom is -0.372 e. The smallest absolute Gasteiger partial charge is 0.267 e. The van der Waals surface area contributed by atoms with Gasteiger partial charge in [0.15, 0.2) is 0 Å². The number of morpholine rings is 1. The van der Waals surface area contributed by atoms with Crippen molar-refractivity contribution in [3.05, 3.63) is 40.0 Å². The summed E-state index contributed by atoms with van der Waals surface area (Å²) >= 11 is 12.0. The average molecular weight is 354 g/mol. The van der Waals surface area contributed by atoms with Crippen molar-refractivity contribution in [3.8, 4) is 6.07 Å². The van der Waals surface area contributed by atoms with Crippen LogP contribution in [0.3, 0.4) is 0 Å². The molecular formula is C16H17Cl2N3O2. The number of benzene rings is 1.